The number of rotatable bonds is 12. The zero-order valence-electron chi connectivity index (χ0n) is 21.8. The lowest BCUT2D eigenvalue weighted by atomic mass is 9.99. The monoisotopic (exact) mass is 542 g/mol. The number of alkyl halides is 3. The van der Waals surface area contributed by atoms with Crippen LogP contribution in [0.3, 0.4) is 0 Å². The lowest BCUT2D eigenvalue weighted by Gasteiger charge is -2.11. The fourth-order valence-corrected chi connectivity index (χ4v) is 4.49. The minimum atomic E-state index is -4.55. The molecular weight excluding hydrogens is 511 g/mol. The fraction of sp³-hybridized carbons (Fsp3) is 0.355. The molecule has 0 aliphatic rings. The van der Waals surface area contributed by atoms with E-state index in [1.54, 1.807) is 18.2 Å². The largest absolute Gasteiger partial charge is 0.481 e. The number of aromatic nitrogens is 2. The summed E-state index contributed by atoms with van der Waals surface area (Å²) in [6, 6.07) is 12.7. The Morgan fingerprint density at radius 2 is 1.54 bits per heavy atom. The summed E-state index contributed by atoms with van der Waals surface area (Å²) in [6.07, 6.45) is 6.79. The summed E-state index contributed by atoms with van der Waals surface area (Å²) < 4.78 is 70.9. The van der Waals surface area contributed by atoms with E-state index in [-0.39, 0.29) is 5.82 Å². The van der Waals surface area contributed by atoms with Crippen LogP contribution in [0.15, 0.2) is 60.9 Å². The second kappa shape index (κ2) is 13.0. The lowest BCUT2D eigenvalue weighted by Crippen LogP contribution is -2.19. The smallest absolute Gasteiger partial charge is 0.422 e. The number of halogens is 5. The van der Waals surface area contributed by atoms with Crippen LogP contribution in [0, 0.1) is 11.6 Å². The Balaban J connectivity index is 1.39. The number of hydrogen-bond acceptors (Lipinski definition) is 3. The number of nitrogens with zero attached hydrogens (tertiary/aromatic N) is 2. The van der Waals surface area contributed by atoms with Crippen molar-refractivity contribution >= 4 is 10.8 Å². The Morgan fingerprint density at radius 3 is 2.26 bits per heavy atom. The van der Waals surface area contributed by atoms with E-state index in [0.29, 0.717) is 35.2 Å². The SMILES string of the molecule is CCCCCCCc1cnc(-c2ccc3c(F)c(CCc4ccc(OCC(F)(F)F)c(F)c4)ccc3c2)nc1. The zero-order valence-corrected chi connectivity index (χ0v) is 21.8. The first-order valence-corrected chi connectivity index (χ1v) is 13.2. The highest BCUT2D eigenvalue weighted by Gasteiger charge is 2.29. The molecule has 8 heteroatoms. The van der Waals surface area contributed by atoms with Gasteiger partial charge in [-0.3, -0.25) is 0 Å². The van der Waals surface area contributed by atoms with Gasteiger partial charge in [0.2, 0.25) is 0 Å². The van der Waals surface area contributed by atoms with E-state index in [9.17, 15) is 17.6 Å². The highest BCUT2D eigenvalue weighted by molar-refractivity contribution is 5.87. The minimum absolute atomic E-state index is 0.300. The van der Waals surface area contributed by atoms with E-state index < -0.39 is 24.3 Å². The first kappa shape index (κ1) is 28.5. The van der Waals surface area contributed by atoms with Crippen LogP contribution in [-0.4, -0.2) is 22.8 Å². The standard InChI is InChI=1S/C31H31F5N2O/c1-2-3-4-5-6-7-22-18-37-30(38-19-22)25-13-14-26-24(17-25)12-11-23(29(26)33)10-8-21-9-15-28(27(32)16-21)39-20-31(34,35)36/h9,11-19H,2-8,10,20H2,1H3. The Bertz CT molecular complexity index is 1390. The molecule has 0 atom stereocenters. The van der Waals surface area contributed by atoms with Crippen molar-refractivity contribution < 1.29 is 26.7 Å². The molecule has 39 heavy (non-hydrogen) atoms. The highest BCUT2D eigenvalue weighted by Crippen LogP contribution is 2.28. The van der Waals surface area contributed by atoms with Crippen molar-refractivity contribution in [2.45, 2.75) is 64.5 Å². The van der Waals surface area contributed by atoms with Crippen LogP contribution in [0.25, 0.3) is 22.2 Å². The maximum Gasteiger partial charge on any atom is 0.422 e. The number of unbranched alkanes of at least 4 members (excludes halogenated alkanes) is 4. The average Bonchev–Trinajstić information content (AvgIpc) is 2.92. The second-order valence-corrected chi connectivity index (χ2v) is 9.72. The van der Waals surface area contributed by atoms with E-state index in [0.717, 1.165) is 41.5 Å². The molecule has 0 saturated carbocycles. The quantitative estimate of drug-likeness (QED) is 0.133. The van der Waals surface area contributed by atoms with Crippen molar-refractivity contribution in [3.05, 3.63) is 89.2 Å². The molecule has 0 unspecified atom stereocenters. The molecule has 0 bridgehead atoms. The van der Waals surface area contributed by atoms with Crippen molar-refractivity contribution in [1.29, 1.82) is 0 Å². The maximum atomic E-state index is 15.3. The Morgan fingerprint density at radius 1 is 0.769 bits per heavy atom. The van der Waals surface area contributed by atoms with E-state index in [4.69, 9.17) is 0 Å². The molecule has 0 spiro atoms. The molecule has 0 aliphatic heterocycles. The van der Waals surface area contributed by atoms with Crippen LogP contribution in [0.5, 0.6) is 5.75 Å². The first-order chi connectivity index (χ1) is 18.7. The van der Waals surface area contributed by atoms with Gasteiger partial charge in [-0.25, -0.2) is 18.7 Å². The molecule has 206 valence electrons. The van der Waals surface area contributed by atoms with E-state index in [1.165, 1.54) is 31.7 Å². The van der Waals surface area contributed by atoms with E-state index in [2.05, 4.69) is 21.6 Å². The van der Waals surface area contributed by atoms with Crippen LogP contribution in [-0.2, 0) is 19.3 Å². The molecule has 3 nitrogen and oxygen atoms in total. The molecule has 1 heterocycles. The molecule has 1 aromatic heterocycles. The number of fused-ring (bicyclic) bond motifs is 1. The zero-order chi connectivity index (χ0) is 27.8. The summed E-state index contributed by atoms with van der Waals surface area (Å²) in [5, 5.41) is 1.18. The molecule has 4 aromatic rings. The molecule has 0 saturated heterocycles. The van der Waals surface area contributed by atoms with Gasteiger partial charge in [-0.05, 0) is 66.0 Å². The molecular formula is C31H31F5N2O. The van der Waals surface area contributed by atoms with Gasteiger partial charge in [0, 0.05) is 23.3 Å². The van der Waals surface area contributed by atoms with Crippen molar-refractivity contribution in [3.63, 3.8) is 0 Å². The molecule has 0 amide bonds. The summed E-state index contributed by atoms with van der Waals surface area (Å²) in [7, 11) is 0. The predicted molar refractivity (Wildman–Crippen MR) is 143 cm³/mol. The number of ether oxygens (including phenoxy) is 1. The molecule has 0 N–H and O–H groups in total. The van der Waals surface area contributed by atoms with Crippen LogP contribution in [0.4, 0.5) is 22.0 Å². The van der Waals surface area contributed by atoms with Crippen molar-refractivity contribution in [1.82, 2.24) is 9.97 Å². The molecule has 4 rings (SSSR count). The normalized spacial score (nSPS) is 11.7. The van der Waals surface area contributed by atoms with E-state index >= 15 is 4.39 Å². The third-order valence-corrected chi connectivity index (χ3v) is 6.64. The van der Waals surface area contributed by atoms with Gasteiger partial charge >= 0.3 is 6.18 Å². The Kier molecular flexibility index (Phi) is 9.49. The summed E-state index contributed by atoms with van der Waals surface area (Å²) >= 11 is 0. The summed E-state index contributed by atoms with van der Waals surface area (Å²) in [4.78, 5) is 9.02. The predicted octanol–water partition coefficient (Wildman–Crippen LogP) is 8.81. The van der Waals surface area contributed by atoms with Crippen molar-refractivity contribution in [2.24, 2.45) is 0 Å². The van der Waals surface area contributed by atoms with Gasteiger partial charge in [0.05, 0.1) is 0 Å². The third-order valence-electron chi connectivity index (χ3n) is 6.64. The Labute approximate surface area is 225 Å². The van der Waals surface area contributed by atoms with Crippen molar-refractivity contribution in [2.75, 3.05) is 6.61 Å². The van der Waals surface area contributed by atoms with Crippen LogP contribution >= 0.6 is 0 Å². The molecule has 0 radical (unpaired) electrons. The lowest BCUT2D eigenvalue weighted by molar-refractivity contribution is -0.153. The van der Waals surface area contributed by atoms with Gasteiger partial charge in [0.15, 0.2) is 24.0 Å². The van der Waals surface area contributed by atoms with Gasteiger partial charge in [-0.1, -0.05) is 62.9 Å². The van der Waals surface area contributed by atoms with Gasteiger partial charge in [-0.15, -0.1) is 0 Å². The number of aryl methyl sites for hydroxylation is 3. The average molecular weight is 543 g/mol. The number of benzene rings is 3. The van der Waals surface area contributed by atoms with E-state index in [1.807, 2.05) is 24.5 Å². The number of hydrogen-bond donors (Lipinski definition) is 0. The summed E-state index contributed by atoms with van der Waals surface area (Å²) in [5.74, 6) is -1.12. The second-order valence-electron chi connectivity index (χ2n) is 9.72. The van der Waals surface area contributed by atoms with Gasteiger partial charge in [-0.2, -0.15) is 13.2 Å². The third kappa shape index (κ3) is 7.97. The topological polar surface area (TPSA) is 35.0 Å². The van der Waals surface area contributed by atoms with Crippen molar-refractivity contribution in [3.8, 4) is 17.1 Å². The fourth-order valence-electron chi connectivity index (χ4n) is 4.49. The minimum Gasteiger partial charge on any atom is -0.481 e. The molecule has 0 fully saturated rings. The van der Waals surface area contributed by atoms with Gasteiger partial charge < -0.3 is 4.74 Å². The van der Waals surface area contributed by atoms with Gasteiger partial charge in [0.25, 0.3) is 0 Å². The summed E-state index contributed by atoms with van der Waals surface area (Å²) in [5.41, 5.74) is 2.90. The summed E-state index contributed by atoms with van der Waals surface area (Å²) in [6.45, 7) is 0.634. The molecule has 3 aromatic carbocycles. The Hall–Kier alpha value is -3.55. The maximum absolute atomic E-state index is 15.3. The van der Waals surface area contributed by atoms with Crippen LogP contribution < -0.4 is 4.74 Å². The first-order valence-electron chi connectivity index (χ1n) is 13.2. The van der Waals surface area contributed by atoms with Crippen LogP contribution in [0.1, 0.15) is 55.7 Å². The molecule has 0 aliphatic carbocycles. The highest BCUT2D eigenvalue weighted by atomic mass is 19.4. The van der Waals surface area contributed by atoms with Crippen LogP contribution in [0.2, 0.25) is 0 Å². The van der Waals surface area contributed by atoms with Gasteiger partial charge in [0.1, 0.15) is 5.82 Å².